The van der Waals surface area contributed by atoms with Crippen LogP contribution in [0.5, 0.6) is 0 Å². The van der Waals surface area contributed by atoms with E-state index in [-0.39, 0.29) is 5.82 Å². The SMILES string of the molecule is FC(F)(F)c1cccc(-c2noc(CC3CCCN3)n2)c1. The van der Waals surface area contributed by atoms with Gasteiger partial charge in [-0.3, -0.25) is 0 Å². The molecule has 1 aliphatic rings. The van der Waals surface area contributed by atoms with Crippen molar-refractivity contribution in [2.45, 2.75) is 31.5 Å². The Labute approximate surface area is 119 Å². The molecule has 4 nitrogen and oxygen atoms in total. The zero-order valence-electron chi connectivity index (χ0n) is 11.2. The number of nitrogens with zero attached hydrogens (tertiary/aromatic N) is 2. The molecular weight excluding hydrogens is 283 g/mol. The molecule has 1 saturated heterocycles. The highest BCUT2D eigenvalue weighted by Gasteiger charge is 2.30. The molecule has 0 radical (unpaired) electrons. The number of halogens is 3. The Kier molecular flexibility index (Phi) is 3.67. The molecule has 0 bridgehead atoms. The molecule has 3 rings (SSSR count). The summed E-state index contributed by atoms with van der Waals surface area (Å²) in [5.74, 6) is 0.635. The van der Waals surface area contributed by atoms with Gasteiger partial charge in [-0.1, -0.05) is 17.3 Å². The molecule has 7 heteroatoms. The lowest BCUT2D eigenvalue weighted by molar-refractivity contribution is -0.137. The molecule has 1 fully saturated rings. The molecule has 1 unspecified atom stereocenters. The fourth-order valence-electron chi connectivity index (χ4n) is 2.43. The Bertz CT molecular complexity index is 618. The van der Waals surface area contributed by atoms with Gasteiger partial charge in [0, 0.05) is 18.0 Å². The summed E-state index contributed by atoms with van der Waals surface area (Å²) >= 11 is 0. The van der Waals surface area contributed by atoms with Crippen LogP contribution in [0.25, 0.3) is 11.4 Å². The van der Waals surface area contributed by atoms with Gasteiger partial charge in [-0.05, 0) is 31.5 Å². The van der Waals surface area contributed by atoms with E-state index in [1.54, 1.807) is 0 Å². The average Bonchev–Trinajstić information content (AvgIpc) is 3.10. The van der Waals surface area contributed by atoms with Gasteiger partial charge in [0.2, 0.25) is 11.7 Å². The number of alkyl halides is 3. The van der Waals surface area contributed by atoms with E-state index in [1.807, 2.05) is 0 Å². The second-order valence-corrected chi connectivity index (χ2v) is 5.09. The van der Waals surface area contributed by atoms with Crippen molar-refractivity contribution in [3.8, 4) is 11.4 Å². The summed E-state index contributed by atoms with van der Waals surface area (Å²) < 4.78 is 43.2. The van der Waals surface area contributed by atoms with E-state index in [9.17, 15) is 13.2 Å². The minimum absolute atomic E-state index is 0.189. The molecule has 1 N–H and O–H groups in total. The molecule has 2 aromatic rings. The van der Waals surface area contributed by atoms with Crippen LogP contribution in [0.1, 0.15) is 24.3 Å². The van der Waals surface area contributed by atoms with Crippen LogP contribution >= 0.6 is 0 Å². The third kappa shape index (κ3) is 3.24. The summed E-state index contributed by atoms with van der Waals surface area (Å²) in [5, 5.41) is 7.08. The van der Waals surface area contributed by atoms with Crippen LogP contribution in [-0.4, -0.2) is 22.7 Å². The van der Waals surface area contributed by atoms with Crippen molar-refractivity contribution in [3.05, 3.63) is 35.7 Å². The van der Waals surface area contributed by atoms with E-state index < -0.39 is 11.7 Å². The molecule has 0 spiro atoms. The van der Waals surface area contributed by atoms with Crippen molar-refractivity contribution in [1.29, 1.82) is 0 Å². The van der Waals surface area contributed by atoms with Gasteiger partial charge in [-0.2, -0.15) is 18.2 Å². The number of hydrogen-bond donors (Lipinski definition) is 1. The molecule has 1 atom stereocenters. The van der Waals surface area contributed by atoms with E-state index in [0.29, 0.717) is 23.9 Å². The van der Waals surface area contributed by atoms with E-state index in [1.165, 1.54) is 12.1 Å². The monoisotopic (exact) mass is 297 g/mol. The third-order valence-electron chi connectivity index (χ3n) is 3.50. The van der Waals surface area contributed by atoms with Crippen LogP contribution in [0.2, 0.25) is 0 Å². The first-order valence-corrected chi connectivity index (χ1v) is 6.76. The lowest BCUT2D eigenvalue weighted by Crippen LogP contribution is -2.23. The minimum Gasteiger partial charge on any atom is -0.339 e. The molecule has 2 heterocycles. The van der Waals surface area contributed by atoms with E-state index in [4.69, 9.17) is 4.52 Å². The Balaban J connectivity index is 1.79. The van der Waals surface area contributed by atoms with Crippen molar-refractivity contribution in [2.24, 2.45) is 0 Å². The van der Waals surface area contributed by atoms with Gasteiger partial charge in [0.1, 0.15) is 0 Å². The fraction of sp³-hybridized carbons (Fsp3) is 0.429. The highest BCUT2D eigenvalue weighted by atomic mass is 19.4. The lowest BCUT2D eigenvalue weighted by atomic mass is 10.1. The first kappa shape index (κ1) is 14.1. The minimum atomic E-state index is -4.38. The number of nitrogens with one attached hydrogen (secondary N) is 1. The molecule has 1 aromatic carbocycles. The number of hydrogen-bond acceptors (Lipinski definition) is 4. The summed E-state index contributed by atoms with van der Waals surface area (Å²) in [6, 6.07) is 5.24. The molecule has 0 amide bonds. The van der Waals surface area contributed by atoms with Crippen molar-refractivity contribution in [3.63, 3.8) is 0 Å². The molecule has 21 heavy (non-hydrogen) atoms. The van der Waals surface area contributed by atoms with Gasteiger partial charge < -0.3 is 9.84 Å². The van der Waals surface area contributed by atoms with Crippen LogP contribution in [0, 0.1) is 0 Å². The van der Waals surface area contributed by atoms with Crippen molar-refractivity contribution in [2.75, 3.05) is 6.54 Å². The van der Waals surface area contributed by atoms with Crippen molar-refractivity contribution >= 4 is 0 Å². The topological polar surface area (TPSA) is 51.0 Å². The number of aromatic nitrogens is 2. The first-order chi connectivity index (χ1) is 10.0. The summed E-state index contributed by atoms with van der Waals surface area (Å²) in [6.45, 7) is 0.972. The maximum Gasteiger partial charge on any atom is 0.416 e. The average molecular weight is 297 g/mol. The lowest BCUT2D eigenvalue weighted by Gasteiger charge is -2.06. The predicted octanol–water partition coefficient (Wildman–Crippen LogP) is 3.05. The van der Waals surface area contributed by atoms with Gasteiger partial charge in [0.15, 0.2) is 0 Å². The number of benzene rings is 1. The maximum absolute atomic E-state index is 12.7. The van der Waals surface area contributed by atoms with E-state index in [2.05, 4.69) is 15.5 Å². The zero-order valence-corrected chi connectivity index (χ0v) is 11.2. The Hall–Kier alpha value is -1.89. The quantitative estimate of drug-likeness (QED) is 0.946. The van der Waals surface area contributed by atoms with Gasteiger partial charge in [-0.15, -0.1) is 0 Å². The summed E-state index contributed by atoms with van der Waals surface area (Å²) in [4.78, 5) is 4.18. The van der Waals surface area contributed by atoms with Crippen LogP contribution in [0.4, 0.5) is 13.2 Å². The molecule has 112 valence electrons. The Morgan fingerprint density at radius 2 is 2.19 bits per heavy atom. The molecule has 0 saturated carbocycles. The van der Waals surface area contributed by atoms with Crippen molar-refractivity contribution < 1.29 is 17.7 Å². The van der Waals surface area contributed by atoms with Crippen LogP contribution in [-0.2, 0) is 12.6 Å². The molecular formula is C14H14F3N3O. The number of rotatable bonds is 3. The van der Waals surface area contributed by atoms with E-state index >= 15 is 0 Å². The molecule has 1 aromatic heterocycles. The maximum atomic E-state index is 12.7. The smallest absolute Gasteiger partial charge is 0.339 e. The molecule has 0 aliphatic carbocycles. The largest absolute Gasteiger partial charge is 0.416 e. The van der Waals surface area contributed by atoms with Gasteiger partial charge in [-0.25, -0.2) is 0 Å². The second kappa shape index (κ2) is 5.48. The van der Waals surface area contributed by atoms with E-state index in [0.717, 1.165) is 31.5 Å². The Morgan fingerprint density at radius 3 is 2.90 bits per heavy atom. The van der Waals surface area contributed by atoms with Crippen LogP contribution < -0.4 is 5.32 Å². The predicted molar refractivity (Wildman–Crippen MR) is 69.5 cm³/mol. The Morgan fingerprint density at radius 1 is 1.33 bits per heavy atom. The molecule has 1 aliphatic heterocycles. The highest BCUT2D eigenvalue weighted by molar-refractivity contribution is 5.55. The highest BCUT2D eigenvalue weighted by Crippen LogP contribution is 2.31. The summed E-state index contributed by atoms with van der Waals surface area (Å²) in [6.07, 6.45) is -1.62. The standard InChI is InChI=1S/C14H14F3N3O/c15-14(16,17)10-4-1-3-9(7-10)13-19-12(21-20-13)8-11-5-2-6-18-11/h1,3-4,7,11,18H,2,5-6,8H2. The normalized spacial score (nSPS) is 19.1. The van der Waals surface area contributed by atoms with Gasteiger partial charge in [0.25, 0.3) is 0 Å². The third-order valence-corrected chi connectivity index (χ3v) is 3.50. The second-order valence-electron chi connectivity index (χ2n) is 5.09. The summed E-state index contributed by atoms with van der Waals surface area (Å²) in [7, 11) is 0. The van der Waals surface area contributed by atoms with Crippen LogP contribution in [0.15, 0.2) is 28.8 Å². The fourth-order valence-corrected chi connectivity index (χ4v) is 2.43. The zero-order chi connectivity index (χ0) is 14.9. The first-order valence-electron chi connectivity index (χ1n) is 6.76. The van der Waals surface area contributed by atoms with Crippen LogP contribution in [0.3, 0.4) is 0 Å². The van der Waals surface area contributed by atoms with Gasteiger partial charge in [0.05, 0.1) is 5.56 Å². The van der Waals surface area contributed by atoms with Crippen molar-refractivity contribution in [1.82, 2.24) is 15.5 Å². The van der Waals surface area contributed by atoms with Gasteiger partial charge >= 0.3 is 6.18 Å². The summed E-state index contributed by atoms with van der Waals surface area (Å²) in [5.41, 5.74) is -0.414.